The van der Waals surface area contributed by atoms with Gasteiger partial charge in [0.15, 0.2) is 0 Å². The Balaban J connectivity index is 2.84. The van der Waals surface area contributed by atoms with Crippen LogP contribution in [0.3, 0.4) is 0 Å². The highest BCUT2D eigenvalue weighted by molar-refractivity contribution is 5.89. The average molecular weight is 305 g/mol. The predicted molar refractivity (Wildman–Crippen MR) is 71.2 cm³/mol. The van der Waals surface area contributed by atoms with E-state index >= 15 is 0 Å². The number of hydrogen-bond acceptors (Lipinski definition) is 6. The van der Waals surface area contributed by atoms with E-state index in [-0.39, 0.29) is 5.92 Å². The standard InChI is InChI=1S/C13H23NO7/c1-3-6(2)9(11(18)19)14-12(20)13(21)4-7(15)10(17)8(16)5-13/h6-10,15-17,21H,3-5H2,1-2H3,(H,14,20)(H,18,19)/t6?,7-,8-,9+,10?,13?/m1/s1. The minimum Gasteiger partial charge on any atom is -0.480 e. The largest absolute Gasteiger partial charge is 0.480 e. The molecule has 6 N–H and O–H groups in total. The van der Waals surface area contributed by atoms with Crippen LogP contribution in [0, 0.1) is 5.92 Å². The van der Waals surface area contributed by atoms with E-state index in [4.69, 9.17) is 5.11 Å². The van der Waals surface area contributed by atoms with Crippen LogP contribution in [0.15, 0.2) is 0 Å². The van der Waals surface area contributed by atoms with Crippen LogP contribution in [0.25, 0.3) is 0 Å². The number of aliphatic carboxylic acids is 1. The number of aliphatic hydroxyl groups is 4. The summed E-state index contributed by atoms with van der Waals surface area (Å²) in [5, 5.41) is 50.2. The van der Waals surface area contributed by atoms with Gasteiger partial charge < -0.3 is 30.8 Å². The lowest BCUT2D eigenvalue weighted by molar-refractivity contribution is -0.174. The second kappa shape index (κ2) is 6.69. The summed E-state index contributed by atoms with van der Waals surface area (Å²) in [5.41, 5.74) is -2.11. The van der Waals surface area contributed by atoms with Gasteiger partial charge in [0.2, 0.25) is 0 Å². The summed E-state index contributed by atoms with van der Waals surface area (Å²) in [6, 6.07) is -1.17. The molecular weight excluding hydrogens is 282 g/mol. The summed E-state index contributed by atoms with van der Waals surface area (Å²) in [6.07, 6.45) is -4.79. The number of carboxylic acids is 1. The Morgan fingerprint density at radius 1 is 1.24 bits per heavy atom. The summed E-state index contributed by atoms with van der Waals surface area (Å²) in [6.45, 7) is 3.42. The van der Waals surface area contributed by atoms with Gasteiger partial charge in [-0.15, -0.1) is 0 Å². The number of aliphatic hydroxyl groups excluding tert-OH is 3. The van der Waals surface area contributed by atoms with Gasteiger partial charge in [0.05, 0.1) is 12.2 Å². The molecule has 0 aromatic carbocycles. The van der Waals surface area contributed by atoms with E-state index in [9.17, 15) is 30.0 Å². The van der Waals surface area contributed by atoms with Crippen molar-refractivity contribution in [2.24, 2.45) is 5.92 Å². The molecule has 1 aliphatic carbocycles. The maximum atomic E-state index is 12.1. The van der Waals surface area contributed by atoms with Crippen molar-refractivity contribution in [1.82, 2.24) is 5.32 Å². The Morgan fingerprint density at radius 2 is 1.71 bits per heavy atom. The van der Waals surface area contributed by atoms with Gasteiger partial charge in [-0.2, -0.15) is 0 Å². The van der Waals surface area contributed by atoms with Crippen LogP contribution in [0.2, 0.25) is 0 Å². The molecule has 1 fully saturated rings. The topological polar surface area (TPSA) is 147 Å². The van der Waals surface area contributed by atoms with Crippen LogP contribution < -0.4 is 5.32 Å². The van der Waals surface area contributed by atoms with Gasteiger partial charge in [0.25, 0.3) is 5.91 Å². The van der Waals surface area contributed by atoms with Crippen molar-refractivity contribution in [3.63, 3.8) is 0 Å². The zero-order chi connectivity index (χ0) is 16.4. The quantitative estimate of drug-likeness (QED) is 0.351. The summed E-state index contributed by atoms with van der Waals surface area (Å²) < 4.78 is 0. The van der Waals surface area contributed by atoms with Crippen molar-refractivity contribution in [2.75, 3.05) is 0 Å². The first kappa shape index (κ1) is 17.8. The molecule has 1 aliphatic rings. The minimum absolute atomic E-state index is 0.348. The molecule has 21 heavy (non-hydrogen) atoms. The van der Waals surface area contributed by atoms with Crippen LogP contribution in [0.4, 0.5) is 0 Å². The predicted octanol–water partition coefficient (Wildman–Crippen LogP) is -1.79. The minimum atomic E-state index is -2.11. The Labute approximate surface area is 122 Å². The molecule has 8 nitrogen and oxygen atoms in total. The fraction of sp³-hybridized carbons (Fsp3) is 0.846. The average Bonchev–Trinajstić information content (AvgIpc) is 2.40. The van der Waals surface area contributed by atoms with Crippen molar-refractivity contribution >= 4 is 11.9 Å². The highest BCUT2D eigenvalue weighted by Gasteiger charge is 2.49. The molecule has 0 spiro atoms. The first-order valence-electron chi connectivity index (χ1n) is 6.92. The Morgan fingerprint density at radius 3 is 2.10 bits per heavy atom. The Bertz CT molecular complexity index is 388. The first-order chi connectivity index (χ1) is 9.62. The summed E-state index contributed by atoms with van der Waals surface area (Å²) in [4.78, 5) is 23.3. The van der Waals surface area contributed by atoms with E-state index in [0.717, 1.165) is 0 Å². The first-order valence-corrected chi connectivity index (χ1v) is 6.92. The second-order valence-electron chi connectivity index (χ2n) is 5.74. The Kier molecular flexibility index (Phi) is 5.68. The number of carboxylic acid groups (broad SMARTS) is 1. The third-order valence-corrected chi connectivity index (χ3v) is 4.07. The number of carbonyl (C=O) groups is 2. The number of amides is 1. The molecule has 0 aromatic heterocycles. The lowest BCUT2D eigenvalue weighted by atomic mass is 9.79. The Hall–Kier alpha value is -1.22. The van der Waals surface area contributed by atoms with Crippen molar-refractivity contribution in [3.8, 4) is 0 Å². The van der Waals surface area contributed by atoms with Gasteiger partial charge in [0.1, 0.15) is 17.7 Å². The normalized spacial score (nSPS) is 35.8. The lowest BCUT2D eigenvalue weighted by Gasteiger charge is -2.39. The van der Waals surface area contributed by atoms with Crippen LogP contribution in [-0.4, -0.2) is 67.4 Å². The van der Waals surface area contributed by atoms with Gasteiger partial charge in [0, 0.05) is 12.8 Å². The monoisotopic (exact) mass is 305 g/mol. The van der Waals surface area contributed by atoms with E-state index in [2.05, 4.69) is 5.32 Å². The molecule has 8 heteroatoms. The highest BCUT2D eigenvalue weighted by Crippen LogP contribution is 2.29. The number of carbonyl (C=O) groups excluding carboxylic acids is 1. The molecule has 0 aromatic rings. The van der Waals surface area contributed by atoms with E-state index in [1.165, 1.54) is 0 Å². The molecule has 0 aliphatic heterocycles. The highest BCUT2D eigenvalue weighted by atomic mass is 16.4. The van der Waals surface area contributed by atoms with Crippen LogP contribution in [-0.2, 0) is 9.59 Å². The van der Waals surface area contributed by atoms with Crippen molar-refractivity contribution in [2.45, 2.75) is 63.1 Å². The molecule has 122 valence electrons. The zero-order valence-electron chi connectivity index (χ0n) is 12.1. The molecule has 1 amide bonds. The molecule has 4 atom stereocenters. The van der Waals surface area contributed by atoms with E-state index in [1.807, 2.05) is 0 Å². The maximum absolute atomic E-state index is 12.1. The number of hydrogen-bond donors (Lipinski definition) is 6. The number of nitrogens with one attached hydrogen (secondary N) is 1. The number of rotatable bonds is 5. The molecule has 0 heterocycles. The maximum Gasteiger partial charge on any atom is 0.326 e. The summed E-state index contributed by atoms with van der Waals surface area (Å²) in [5.74, 6) is -2.54. The molecule has 0 saturated heterocycles. The van der Waals surface area contributed by atoms with Gasteiger partial charge >= 0.3 is 5.97 Å². The molecule has 0 radical (unpaired) electrons. The molecular formula is C13H23NO7. The van der Waals surface area contributed by atoms with E-state index in [0.29, 0.717) is 6.42 Å². The molecule has 1 unspecified atom stereocenters. The third-order valence-electron chi connectivity index (χ3n) is 4.07. The molecule has 1 rings (SSSR count). The van der Waals surface area contributed by atoms with Gasteiger partial charge in [-0.3, -0.25) is 4.79 Å². The van der Waals surface area contributed by atoms with Gasteiger partial charge in [-0.25, -0.2) is 4.79 Å². The summed E-state index contributed by atoms with van der Waals surface area (Å²) >= 11 is 0. The van der Waals surface area contributed by atoms with Crippen molar-refractivity contribution in [3.05, 3.63) is 0 Å². The van der Waals surface area contributed by atoms with Crippen molar-refractivity contribution in [1.29, 1.82) is 0 Å². The SMILES string of the molecule is CCC(C)[C@H](NC(=O)C1(O)C[C@@H](O)C(O)[C@H](O)C1)C(=O)O. The van der Waals surface area contributed by atoms with Crippen molar-refractivity contribution < 1.29 is 35.1 Å². The van der Waals surface area contributed by atoms with Crippen LogP contribution in [0.1, 0.15) is 33.1 Å². The fourth-order valence-electron chi connectivity index (χ4n) is 2.42. The molecule has 0 bridgehead atoms. The fourth-order valence-corrected chi connectivity index (χ4v) is 2.42. The molecule has 1 saturated carbocycles. The second-order valence-corrected chi connectivity index (χ2v) is 5.74. The van der Waals surface area contributed by atoms with E-state index in [1.54, 1.807) is 13.8 Å². The van der Waals surface area contributed by atoms with E-state index < -0.39 is 54.7 Å². The zero-order valence-corrected chi connectivity index (χ0v) is 12.1. The smallest absolute Gasteiger partial charge is 0.326 e. The summed E-state index contributed by atoms with van der Waals surface area (Å²) in [7, 11) is 0. The van der Waals surface area contributed by atoms with Gasteiger partial charge in [-0.05, 0) is 5.92 Å². The third kappa shape index (κ3) is 3.91. The van der Waals surface area contributed by atoms with Gasteiger partial charge in [-0.1, -0.05) is 20.3 Å². The van der Waals surface area contributed by atoms with Crippen LogP contribution >= 0.6 is 0 Å². The van der Waals surface area contributed by atoms with Crippen LogP contribution in [0.5, 0.6) is 0 Å². The lowest BCUT2D eigenvalue weighted by Crippen LogP contribution is -2.61.